The van der Waals surface area contributed by atoms with Crippen molar-refractivity contribution in [3.05, 3.63) is 65.2 Å². The average Bonchev–Trinajstić information content (AvgIpc) is 2.67. The summed E-state index contributed by atoms with van der Waals surface area (Å²) < 4.78 is 39.7. The van der Waals surface area contributed by atoms with E-state index in [2.05, 4.69) is 4.99 Å². The summed E-state index contributed by atoms with van der Waals surface area (Å²) in [6.45, 7) is 0.171. The first-order valence-corrected chi connectivity index (χ1v) is 9.70. The SMILES string of the molecule is COc1ccccc1[C@H]1C[C@H]2CSC(N)=N[C@@]2(c2ccc(F)cc2F)CO1. The van der Waals surface area contributed by atoms with E-state index in [-0.39, 0.29) is 18.6 Å². The van der Waals surface area contributed by atoms with Gasteiger partial charge < -0.3 is 15.2 Å². The molecule has 1 fully saturated rings. The summed E-state index contributed by atoms with van der Waals surface area (Å²) >= 11 is 1.46. The molecule has 1 saturated heterocycles. The van der Waals surface area contributed by atoms with Gasteiger partial charge in [-0.25, -0.2) is 13.8 Å². The van der Waals surface area contributed by atoms with Gasteiger partial charge in [-0.2, -0.15) is 0 Å². The Morgan fingerprint density at radius 3 is 2.85 bits per heavy atom. The number of para-hydroxylation sites is 1. The number of nitrogens with zero attached hydrogens (tertiary/aromatic N) is 1. The van der Waals surface area contributed by atoms with E-state index in [1.165, 1.54) is 23.9 Å². The van der Waals surface area contributed by atoms with Gasteiger partial charge in [0.2, 0.25) is 0 Å². The third kappa shape index (κ3) is 3.19. The fourth-order valence-corrected chi connectivity index (χ4v) is 4.97. The normalized spacial score (nSPS) is 27.6. The Hall–Kier alpha value is -2.12. The quantitative estimate of drug-likeness (QED) is 0.860. The Labute approximate surface area is 160 Å². The molecule has 2 aliphatic rings. The zero-order chi connectivity index (χ0) is 19.0. The first-order chi connectivity index (χ1) is 13.0. The van der Waals surface area contributed by atoms with Crippen molar-refractivity contribution in [2.45, 2.75) is 18.1 Å². The lowest BCUT2D eigenvalue weighted by molar-refractivity contribution is -0.0595. The maximum absolute atomic E-state index is 14.6. The summed E-state index contributed by atoms with van der Waals surface area (Å²) in [6, 6.07) is 11.3. The van der Waals surface area contributed by atoms with Gasteiger partial charge in [0.05, 0.1) is 19.8 Å². The Morgan fingerprint density at radius 1 is 1.26 bits per heavy atom. The van der Waals surface area contributed by atoms with Gasteiger partial charge in [0, 0.05) is 28.9 Å². The molecule has 0 aliphatic carbocycles. The molecule has 2 aliphatic heterocycles. The number of methoxy groups -OCH3 is 1. The van der Waals surface area contributed by atoms with Crippen molar-refractivity contribution in [1.29, 1.82) is 0 Å². The molecule has 2 aromatic rings. The molecular formula is C20H20F2N2O2S. The lowest BCUT2D eigenvalue weighted by Crippen LogP contribution is -2.48. The van der Waals surface area contributed by atoms with Crippen molar-refractivity contribution < 1.29 is 18.3 Å². The van der Waals surface area contributed by atoms with Crippen molar-refractivity contribution in [3.8, 4) is 5.75 Å². The number of ether oxygens (including phenoxy) is 2. The van der Waals surface area contributed by atoms with Crippen molar-refractivity contribution in [3.63, 3.8) is 0 Å². The predicted octanol–water partition coefficient (Wildman–Crippen LogP) is 4.01. The molecule has 4 nitrogen and oxygen atoms in total. The lowest BCUT2D eigenvalue weighted by Gasteiger charge is -2.46. The molecule has 0 spiro atoms. The molecule has 4 rings (SSSR count). The standard InChI is InChI=1S/C20H20F2N2O2S/c1-25-17-5-3-2-4-14(17)18-8-12-10-27-19(23)24-20(12,11-26-18)15-7-6-13(21)9-16(15)22/h2-7,9,12,18H,8,10-11H2,1H3,(H2,23,24)/t12-,18+,20-/m0/s1. The molecule has 0 aromatic heterocycles. The number of amidine groups is 1. The number of nitrogens with two attached hydrogens (primary N) is 1. The number of thioether (sulfide) groups is 1. The van der Waals surface area contributed by atoms with Crippen LogP contribution in [0.4, 0.5) is 8.78 Å². The van der Waals surface area contributed by atoms with Gasteiger partial charge in [0.25, 0.3) is 0 Å². The smallest absolute Gasteiger partial charge is 0.154 e. The van der Waals surface area contributed by atoms with Crippen LogP contribution in [0.3, 0.4) is 0 Å². The number of halogens is 2. The van der Waals surface area contributed by atoms with Gasteiger partial charge in [-0.3, -0.25) is 0 Å². The summed E-state index contributed by atoms with van der Waals surface area (Å²) in [6.07, 6.45) is 0.457. The zero-order valence-electron chi connectivity index (χ0n) is 14.8. The van der Waals surface area contributed by atoms with Crippen molar-refractivity contribution in [2.75, 3.05) is 19.5 Å². The maximum Gasteiger partial charge on any atom is 0.154 e. The van der Waals surface area contributed by atoms with Crippen LogP contribution in [0.15, 0.2) is 47.5 Å². The van der Waals surface area contributed by atoms with E-state index in [9.17, 15) is 8.78 Å². The molecule has 0 radical (unpaired) electrons. The average molecular weight is 390 g/mol. The molecule has 7 heteroatoms. The minimum atomic E-state index is -0.939. The molecule has 0 amide bonds. The number of fused-ring (bicyclic) bond motifs is 1. The van der Waals surface area contributed by atoms with Gasteiger partial charge in [-0.05, 0) is 18.6 Å². The van der Waals surface area contributed by atoms with Crippen molar-refractivity contribution in [1.82, 2.24) is 0 Å². The van der Waals surface area contributed by atoms with Crippen LogP contribution in [0.5, 0.6) is 5.75 Å². The number of aliphatic imine (C=N–C) groups is 1. The van der Waals surface area contributed by atoms with Crippen LogP contribution in [0.25, 0.3) is 0 Å². The topological polar surface area (TPSA) is 56.8 Å². The second-order valence-corrected chi connectivity index (χ2v) is 7.82. The van der Waals surface area contributed by atoms with Crippen LogP contribution in [0, 0.1) is 17.6 Å². The predicted molar refractivity (Wildman–Crippen MR) is 102 cm³/mol. The summed E-state index contributed by atoms with van der Waals surface area (Å²) in [5.41, 5.74) is 6.33. The van der Waals surface area contributed by atoms with E-state index < -0.39 is 17.2 Å². The van der Waals surface area contributed by atoms with Crippen molar-refractivity contribution in [2.24, 2.45) is 16.6 Å². The van der Waals surface area contributed by atoms with E-state index in [1.807, 2.05) is 24.3 Å². The molecular weight excluding hydrogens is 370 g/mol. The van der Waals surface area contributed by atoms with Crippen LogP contribution in [0.2, 0.25) is 0 Å². The van der Waals surface area contributed by atoms with Crippen LogP contribution in [0.1, 0.15) is 23.7 Å². The largest absolute Gasteiger partial charge is 0.496 e. The Kier molecular flexibility index (Phi) is 4.82. The minimum Gasteiger partial charge on any atom is -0.496 e. The maximum atomic E-state index is 14.6. The third-order valence-corrected chi connectivity index (χ3v) is 6.26. The van der Waals surface area contributed by atoms with Gasteiger partial charge in [-0.1, -0.05) is 36.0 Å². The second kappa shape index (κ2) is 7.13. The molecule has 0 unspecified atom stereocenters. The second-order valence-electron chi connectivity index (χ2n) is 6.78. The third-order valence-electron chi connectivity index (χ3n) is 5.30. The summed E-state index contributed by atoms with van der Waals surface area (Å²) in [7, 11) is 1.63. The van der Waals surface area contributed by atoms with E-state index in [0.717, 1.165) is 17.4 Å². The fourth-order valence-electron chi connectivity index (χ4n) is 3.96. The van der Waals surface area contributed by atoms with Crippen molar-refractivity contribution >= 4 is 16.9 Å². The van der Waals surface area contributed by atoms with Crippen LogP contribution in [-0.4, -0.2) is 24.6 Å². The molecule has 2 aromatic carbocycles. The summed E-state index contributed by atoms with van der Waals surface area (Å²) in [4.78, 5) is 4.61. The first kappa shape index (κ1) is 18.3. The van der Waals surface area contributed by atoms with Gasteiger partial charge >= 0.3 is 0 Å². The van der Waals surface area contributed by atoms with E-state index >= 15 is 0 Å². The minimum absolute atomic E-state index is 0.00146. The monoisotopic (exact) mass is 390 g/mol. The van der Waals surface area contributed by atoms with Crippen LogP contribution < -0.4 is 10.5 Å². The lowest BCUT2D eigenvalue weighted by atomic mass is 9.74. The zero-order valence-corrected chi connectivity index (χ0v) is 15.6. The Balaban J connectivity index is 1.73. The Bertz CT molecular complexity index is 892. The van der Waals surface area contributed by atoms with E-state index in [0.29, 0.717) is 22.9 Å². The highest BCUT2D eigenvalue weighted by molar-refractivity contribution is 8.13. The van der Waals surface area contributed by atoms with E-state index in [4.69, 9.17) is 15.2 Å². The van der Waals surface area contributed by atoms with Gasteiger partial charge in [0.1, 0.15) is 22.9 Å². The first-order valence-electron chi connectivity index (χ1n) is 8.71. The molecule has 2 N–H and O–H groups in total. The molecule has 142 valence electrons. The van der Waals surface area contributed by atoms with Crippen LogP contribution >= 0.6 is 11.8 Å². The highest BCUT2D eigenvalue weighted by Crippen LogP contribution is 2.50. The van der Waals surface area contributed by atoms with Gasteiger partial charge in [-0.15, -0.1) is 0 Å². The molecule has 3 atom stereocenters. The Morgan fingerprint density at radius 2 is 2.07 bits per heavy atom. The molecule has 27 heavy (non-hydrogen) atoms. The van der Waals surface area contributed by atoms with Gasteiger partial charge in [0.15, 0.2) is 5.17 Å². The molecule has 2 heterocycles. The molecule has 0 bridgehead atoms. The fraction of sp³-hybridized carbons (Fsp3) is 0.350. The summed E-state index contributed by atoms with van der Waals surface area (Å²) in [5, 5.41) is 0.398. The number of rotatable bonds is 3. The van der Waals surface area contributed by atoms with Crippen LogP contribution in [-0.2, 0) is 10.3 Å². The molecule has 0 saturated carbocycles. The highest BCUT2D eigenvalue weighted by atomic mass is 32.2. The number of hydrogen-bond donors (Lipinski definition) is 1. The number of benzene rings is 2. The summed E-state index contributed by atoms with van der Waals surface area (Å²) in [5.74, 6) is 0.215. The highest BCUT2D eigenvalue weighted by Gasteiger charge is 2.49. The number of hydrogen-bond acceptors (Lipinski definition) is 5. The van der Waals surface area contributed by atoms with E-state index in [1.54, 1.807) is 7.11 Å².